The van der Waals surface area contributed by atoms with E-state index < -0.39 is 0 Å². The normalized spacial score (nSPS) is 11.9. The Bertz CT molecular complexity index is 526. The largest absolute Gasteiger partial charge is 0.492 e. The Morgan fingerprint density at radius 1 is 1.32 bits per heavy atom. The number of aryl methyl sites for hydroxylation is 1. The van der Waals surface area contributed by atoms with E-state index in [9.17, 15) is 0 Å². The third kappa shape index (κ3) is 3.47. The molecule has 2 aromatic rings. The van der Waals surface area contributed by atoms with Crippen LogP contribution < -0.4 is 10.1 Å². The van der Waals surface area contributed by atoms with Crippen LogP contribution in [0.3, 0.4) is 0 Å². The van der Waals surface area contributed by atoms with E-state index in [0.29, 0.717) is 6.61 Å². The van der Waals surface area contributed by atoms with Crippen molar-refractivity contribution >= 4 is 5.69 Å². The Morgan fingerprint density at radius 2 is 2.16 bits per heavy atom. The molecule has 0 bridgehead atoms. The van der Waals surface area contributed by atoms with Gasteiger partial charge in [-0.1, -0.05) is 12.1 Å². The van der Waals surface area contributed by atoms with Gasteiger partial charge in [0.1, 0.15) is 5.75 Å². The molecule has 0 saturated heterocycles. The minimum Gasteiger partial charge on any atom is -0.492 e. The van der Waals surface area contributed by atoms with Crippen molar-refractivity contribution in [3.8, 4) is 5.75 Å². The minimum atomic E-state index is 0.190. The summed E-state index contributed by atoms with van der Waals surface area (Å²) in [6, 6.07) is 10.4. The van der Waals surface area contributed by atoms with Gasteiger partial charge in [-0.3, -0.25) is 4.98 Å². The van der Waals surface area contributed by atoms with Gasteiger partial charge in [0.2, 0.25) is 0 Å². The Labute approximate surface area is 114 Å². The zero-order valence-corrected chi connectivity index (χ0v) is 11.7. The number of hydrogen-bond acceptors (Lipinski definition) is 3. The fourth-order valence-electron chi connectivity index (χ4n) is 1.97. The van der Waals surface area contributed by atoms with Gasteiger partial charge in [-0.2, -0.15) is 0 Å². The van der Waals surface area contributed by atoms with Crippen LogP contribution in [0.15, 0.2) is 42.7 Å². The van der Waals surface area contributed by atoms with E-state index in [1.165, 1.54) is 5.56 Å². The van der Waals surface area contributed by atoms with Crippen LogP contribution in [0, 0.1) is 6.92 Å². The van der Waals surface area contributed by atoms with E-state index in [1.54, 1.807) is 6.20 Å². The van der Waals surface area contributed by atoms with Crippen LogP contribution >= 0.6 is 0 Å². The topological polar surface area (TPSA) is 34.1 Å². The number of hydrogen-bond donors (Lipinski definition) is 1. The van der Waals surface area contributed by atoms with Crippen LogP contribution in [-0.4, -0.2) is 11.6 Å². The lowest BCUT2D eigenvalue weighted by atomic mass is 10.1. The van der Waals surface area contributed by atoms with Crippen molar-refractivity contribution in [3.63, 3.8) is 0 Å². The van der Waals surface area contributed by atoms with Crippen molar-refractivity contribution in [1.29, 1.82) is 0 Å². The third-order valence-electron chi connectivity index (χ3n) is 2.99. The van der Waals surface area contributed by atoms with Crippen molar-refractivity contribution in [1.82, 2.24) is 4.98 Å². The van der Waals surface area contributed by atoms with Crippen molar-refractivity contribution in [2.75, 3.05) is 11.9 Å². The fourth-order valence-corrected chi connectivity index (χ4v) is 1.97. The number of rotatable bonds is 5. The second-order valence-corrected chi connectivity index (χ2v) is 4.59. The lowest BCUT2D eigenvalue weighted by molar-refractivity contribution is 0.341. The van der Waals surface area contributed by atoms with Gasteiger partial charge in [0, 0.05) is 12.4 Å². The van der Waals surface area contributed by atoms with E-state index in [1.807, 2.05) is 19.2 Å². The molecule has 1 aromatic heterocycles. The van der Waals surface area contributed by atoms with Crippen molar-refractivity contribution in [2.24, 2.45) is 0 Å². The highest BCUT2D eigenvalue weighted by molar-refractivity contribution is 5.58. The van der Waals surface area contributed by atoms with E-state index in [-0.39, 0.29) is 6.04 Å². The maximum absolute atomic E-state index is 5.68. The molecule has 0 fully saturated rings. The number of pyridine rings is 1. The van der Waals surface area contributed by atoms with Crippen LogP contribution in [-0.2, 0) is 0 Å². The molecular weight excluding hydrogens is 236 g/mol. The van der Waals surface area contributed by atoms with E-state index in [0.717, 1.165) is 17.0 Å². The molecule has 0 amide bonds. The first-order valence-corrected chi connectivity index (χ1v) is 6.60. The number of anilines is 1. The molecule has 1 heterocycles. The van der Waals surface area contributed by atoms with Crippen LogP contribution in [0.25, 0.3) is 0 Å². The summed E-state index contributed by atoms with van der Waals surface area (Å²) in [5.74, 6) is 0.901. The summed E-state index contributed by atoms with van der Waals surface area (Å²) in [4.78, 5) is 4.15. The molecule has 1 unspecified atom stereocenters. The third-order valence-corrected chi connectivity index (χ3v) is 2.99. The first-order chi connectivity index (χ1) is 9.20. The van der Waals surface area contributed by atoms with Gasteiger partial charge in [0.25, 0.3) is 0 Å². The van der Waals surface area contributed by atoms with Gasteiger partial charge in [0.15, 0.2) is 0 Å². The number of aromatic nitrogens is 1. The minimum absolute atomic E-state index is 0.190. The molecular formula is C16H20N2O. The van der Waals surface area contributed by atoms with Crippen LogP contribution in [0.4, 0.5) is 5.69 Å². The molecule has 0 spiro atoms. The maximum atomic E-state index is 5.68. The summed E-state index contributed by atoms with van der Waals surface area (Å²) in [5.41, 5.74) is 3.37. The van der Waals surface area contributed by atoms with E-state index >= 15 is 0 Å². The molecule has 2 rings (SSSR count). The summed E-state index contributed by atoms with van der Waals surface area (Å²) >= 11 is 0. The molecule has 3 nitrogen and oxygen atoms in total. The monoisotopic (exact) mass is 256 g/mol. The second kappa shape index (κ2) is 6.23. The van der Waals surface area contributed by atoms with Crippen LogP contribution in [0.5, 0.6) is 5.75 Å². The van der Waals surface area contributed by atoms with Gasteiger partial charge in [-0.15, -0.1) is 0 Å². The van der Waals surface area contributed by atoms with Gasteiger partial charge < -0.3 is 10.1 Å². The number of ether oxygens (including phenoxy) is 1. The highest BCUT2D eigenvalue weighted by Gasteiger charge is 2.09. The lowest BCUT2D eigenvalue weighted by Gasteiger charge is -2.18. The Balaban J connectivity index is 2.18. The highest BCUT2D eigenvalue weighted by atomic mass is 16.5. The second-order valence-electron chi connectivity index (χ2n) is 4.59. The quantitative estimate of drug-likeness (QED) is 0.879. The van der Waals surface area contributed by atoms with E-state index in [2.05, 4.69) is 48.4 Å². The molecule has 1 N–H and O–H groups in total. The summed E-state index contributed by atoms with van der Waals surface area (Å²) in [6.07, 6.45) is 3.67. The number of nitrogens with zero attached hydrogens (tertiary/aromatic N) is 1. The molecule has 0 saturated carbocycles. The van der Waals surface area contributed by atoms with Crippen molar-refractivity contribution in [3.05, 3.63) is 53.9 Å². The summed E-state index contributed by atoms with van der Waals surface area (Å²) in [7, 11) is 0. The maximum Gasteiger partial charge on any atom is 0.142 e. The highest BCUT2D eigenvalue weighted by Crippen LogP contribution is 2.29. The molecule has 3 heteroatoms. The van der Waals surface area contributed by atoms with Crippen molar-refractivity contribution < 1.29 is 4.74 Å². The summed E-state index contributed by atoms with van der Waals surface area (Å²) in [6.45, 7) is 6.85. The smallest absolute Gasteiger partial charge is 0.142 e. The predicted octanol–water partition coefficient (Wildman–Crippen LogP) is 3.96. The molecule has 0 aliphatic heterocycles. The van der Waals surface area contributed by atoms with Crippen LogP contribution in [0.2, 0.25) is 0 Å². The Kier molecular flexibility index (Phi) is 4.39. The van der Waals surface area contributed by atoms with Gasteiger partial charge in [0.05, 0.1) is 18.3 Å². The first-order valence-electron chi connectivity index (χ1n) is 6.60. The zero-order valence-electron chi connectivity index (χ0n) is 11.7. The standard InChI is InChI=1S/C16H20N2O/c1-4-19-16-10-12(2)7-8-15(16)18-13(3)14-6-5-9-17-11-14/h5-11,13,18H,4H2,1-3H3. The van der Waals surface area contributed by atoms with Gasteiger partial charge in [-0.05, 0) is 50.1 Å². The molecule has 1 atom stereocenters. The average molecular weight is 256 g/mol. The van der Waals surface area contributed by atoms with E-state index in [4.69, 9.17) is 4.74 Å². The van der Waals surface area contributed by atoms with Crippen molar-refractivity contribution in [2.45, 2.75) is 26.8 Å². The Hall–Kier alpha value is -2.03. The molecule has 0 radical (unpaired) electrons. The SMILES string of the molecule is CCOc1cc(C)ccc1NC(C)c1cccnc1. The average Bonchev–Trinajstić information content (AvgIpc) is 2.43. The zero-order chi connectivity index (χ0) is 13.7. The first kappa shape index (κ1) is 13.4. The lowest BCUT2D eigenvalue weighted by Crippen LogP contribution is -2.08. The van der Waals surface area contributed by atoms with Gasteiger partial charge >= 0.3 is 0 Å². The molecule has 1 aromatic carbocycles. The molecule has 0 aliphatic carbocycles. The Morgan fingerprint density at radius 3 is 2.84 bits per heavy atom. The number of benzene rings is 1. The molecule has 0 aliphatic rings. The summed E-state index contributed by atoms with van der Waals surface area (Å²) in [5, 5.41) is 3.47. The molecule has 19 heavy (non-hydrogen) atoms. The fraction of sp³-hybridized carbons (Fsp3) is 0.312. The number of nitrogens with one attached hydrogen (secondary N) is 1. The van der Waals surface area contributed by atoms with Crippen LogP contribution in [0.1, 0.15) is 31.0 Å². The molecule has 100 valence electrons. The summed E-state index contributed by atoms with van der Waals surface area (Å²) < 4.78 is 5.68. The predicted molar refractivity (Wildman–Crippen MR) is 78.6 cm³/mol. The van der Waals surface area contributed by atoms with Gasteiger partial charge in [-0.25, -0.2) is 0 Å².